The summed E-state index contributed by atoms with van der Waals surface area (Å²) in [7, 11) is 1.90. The van der Waals surface area contributed by atoms with Crippen LogP contribution in [0.15, 0.2) is 0 Å². The number of thioether (sulfide) groups is 1. The first-order chi connectivity index (χ1) is 4.61. The summed E-state index contributed by atoms with van der Waals surface area (Å²) >= 11 is 1.67. The van der Waals surface area contributed by atoms with Gasteiger partial charge in [-0.3, -0.25) is 0 Å². The van der Waals surface area contributed by atoms with Crippen LogP contribution in [0.2, 0.25) is 0 Å². The fourth-order valence-corrected chi connectivity index (χ4v) is 4.02. The van der Waals surface area contributed by atoms with Crippen molar-refractivity contribution < 1.29 is 8.42 Å². The molecule has 0 spiro atoms. The molecule has 5 heteroatoms. The lowest BCUT2D eigenvalue weighted by atomic mass is 10.3. The summed E-state index contributed by atoms with van der Waals surface area (Å²) in [5.41, 5.74) is 0. The smallest absolute Gasteiger partial charge is 0.212 e. The molecular weight excluding hydrogens is 192 g/mol. The summed E-state index contributed by atoms with van der Waals surface area (Å²) in [6.45, 7) is 0. The third-order valence-electron chi connectivity index (χ3n) is 1.52. The molecular formula is C5H9ClO2S2. The normalized spacial score (nSPS) is 28.3. The maximum atomic E-state index is 10.7. The molecule has 0 saturated carbocycles. The van der Waals surface area contributed by atoms with Crippen LogP contribution in [-0.2, 0) is 9.05 Å². The van der Waals surface area contributed by atoms with Crippen LogP contribution in [0.4, 0.5) is 0 Å². The lowest BCUT2D eigenvalue weighted by Crippen LogP contribution is -2.22. The van der Waals surface area contributed by atoms with E-state index in [9.17, 15) is 8.42 Å². The molecule has 1 fully saturated rings. The Kier molecular flexibility index (Phi) is 2.89. The van der Waals surface area contributed by atoms with Gasteiger partial charge in [0, 0.05) is 16.4 Å². The molecule has 0 N–H and O–H groups in total. The maximum absolute atomic E-state index is 10.7. The van der Waals surface area contributed by atoms with E-state index in [0.29, 0.717) is 5.75 Å². The van der Waals surface area contributed by atoms with Crippen LogP contribution >= 0.6 is 22.4 Å². The van der Waals surface area contributed by atoms with E-state index in [1.165, 1.54) is 0 Å². The van der Waals surface area contributed by atoms with Gasteiger partial charge in [-0.1, -0.05) is 0 Å². The van der Waals surface area contributed by atoms with Gasteiger partial charge in [0.1, 0.15) is 0 Å². The van der Waals surface area contributed by atoms with E-state index in [1.807, 2.05) is 0 Å². The second kappa shape index (κ2) is 3.32. The molecule has 1 saturated heterocycles. The molecule has 1 unspecified atom stereocenters. The van der Waals surface area contributed by atoms with Gasteiger partial charge in [0.25, 0.3) is 0 Å². The highest BCUT2D eigenvalue weighted by Crippen LogP contribution is 2.24. The second-order valence-corrected chi connectivity index (χ2v) is 6.37. The SMILES string of the molecule is O=S(=O)(Cl)C1CCCSC1. The average molecular weight is 201 g/mol. The monoisotopic (exact) mass is 200 g/mol. The molecule has 10 heavy (non-hydrogen) atoms. The van der Waals surface area contributed by atoms with Gasteiger partial charge >= 0.3 is 0 Å². The molecule has 0 amide bonds. The van der Waals surface area contributed by atoms with Gasteiger partial charge in [-0.2, -0.15) is 11.8 Å². The summed E-state index contributed by atoms with van der Waals surface area (Å²) in [4.78, 5) is 0. The van der Waals surface area contributed by atoms with E-state index in [0.717, 1.165) is 18.6 Å². The van der Waals surface area contributed by atoms with Crippen LogP contribution in [0.3, 0.4) is 0 Å². The van der Waals surface area contributed by atoms with Gasteiger partial charge in [-0.05, 0) is 18.6 Å². The predicted octanol–water partition coefficient (Wildman–Crippen LogP) is 1.45. The topological polar surface area (TPSA) is 34.1 Å². The predicted molar refractivity (Wildman–Crippen MR) is 45.1 cm³/mol. The number of halogens is 1. The summed E-state index contributed by atoms with van der Waals surface area (Å²) in [5, 5.41) is -0.298. The first-order valence-electron chi connectivity index (χ1n) is 3.12. The van der Waals surface area contributed by atoms with Crippen LogP contribution in [-0.4, -0.2) is 25.2 Å². The van der Waals surface area contributed by atoms with Crippen LogP contribution in [0.1, 0.15) is 12.8 Å². The highest BCUT2D eigenvalue weighted by molar-refractivity contribution is 8.15. The molecule has 60 valence electrons. The lowest BCUT2D eigenvalue weighted by molar-refractivity contribution is 0.590. The van der Waals surface area contributed by atoms with Crippen molar-refractivity contribution in [1.82, 2.24) is 0 Å². The summed E-state index contributed by atoms with van der Waals surface area (Å²) in [6.07, 6.45) is 1.71. The fourth-order valence-electron chi connectivity index (χ4n) is 0.933. The quantitative estimate of drug-likeness (QED) is 0.601. The molecule has 1 heterocycles. The van der Waals surface area contributed by atoms with Crippen LogP contribution in [0.25, 0.3) is 0 Å². The van der Waals surface area contributed by atoms with Crippen molar-refractivity contribution >= 4 is 31.5 Å². The van der Waals surface area contributed by atoms with E-state index in [-0.39, 0.29) is 5.25 Å². The summed E-state index contributed by atoms with van der Waals surface area (Å²) in [6, 6.07) is 0. The molecule has 2 nitrogen and oxygen atoms in total. The Bertz CT molecular complexity index is 194. The zero-order valence-corrected chi connectivity index (χ0v) is 7.81. The van der Waals surface area contributed by atoms with E-state index in [1.54, 1.807) is 11.8 Å². The maximum Gasteiger partial charge on any atom is 0.236 e. The molecule has 0 bridgehead atoms. The highest BCUT2D eigenvalue weighted by Gasteiger charge is 2.24. The van der Waals surface area contributed by atoms with Gasteiger partial charge in [-0.15, -0.1) is 0 Å². The molecule has 0 aromatic rings. The lowest BCUT2D eigenvalue weighted by Gasteiger charge is -2.17. The van der Waals surface area contributed by atoms with Gasteiger partial charge in [0.2, 0.25) is 9.05 Å². The number of rotatable bonds is 1. The van der Waals surface area contributed by atoms with Gasteiger partial charge in [0.05, 0.1) is 5.25 Å². The van der Waals surface area contributed by atoms with Gasteiger partial charge < -0.3 is 0 Å². The Balaban J connectivity index is 2.56. The van der Waals surface area contributed by atoms with Gasteiger partial charge in [0.15, 0.2) is 0 Å². The molecule has 1 rings (SSSR count). The van der Waals surface area contributed by atoms with E-state index < -0.39 is 9.05 Å². The Morgan fingerprint density at radius 2 is 2.20 bits per heavy atom. The standard InChI is InChI=1S/C5H9ClO2S2/c6-10(7,8)5-2-1-3-9-4-5/h5H,1-4H2. The zero-order chi connectivity index (χ0) is 7.61. The van der Waals surface area contributed by atoms with E-state index in [2.05, 4.69) is 0 Å². The Labute approximate surface area is 69.7 Å². The Morgan fingerprint density at radius 1 is 1.50 bits per heavy atom. The van der Waals surface area contributed by atoms with E-state index in [4.69, 9.17) is 10.7 Å². The summed E-state index contributed by atoms with van der Waals surface area (Å²) < 4.78 is 21.5. The number of hydrogen-bond acceptors (Lipinski definition) is 3. The molecule has 1 aliphatic rings. The largest absolute Gasteiger partial charge is 0.236 e. The third kappa shape index (κ3) is 2.32. The first-order valence-corrected chi connectivity index (χ1v) is 6.64. The van der Waals surface area contributed by atoms with Crippen LogP contribution in [0.5, 0.6) is 0 Å². The second-order valence-electron chi connectivity index (χ2n) is 2.31. The number of hydrogen-bond donors (Lipinski definition) is 0. The van der Waals surface area contributed by atoms with Crippen LogP contribution < -0.4 is 0 Å². The van der Waals surface area contributed by atoms with Gasteiger partial charge in [-0.25, -0.2) is 8.42 Å². The Hall–Kier alpha value is 0.590. The average Bonchev–Trinajstić information content (AvgIpc) is 1.88. The van der Waals surface area contributed by atoms with Crippen molar-refractivity contribution in [3.05, 3.63) is 0 Å². The van der Waals surface area contributed by atoms with Crippen molar-refractivity contribution in [2.75, 3.05) is 11.5 Å². The zero-order valence-electron chi connectivity index (χ0n) is 5.42. The van der Waals surface area contributed by atoms with Crippen molar-refractivity contribution in [1.29, 1.82) is 0 Å². The molecule has 0 aromatic heterocycles. The minimum absolute atomic E-state index is 0.298. The van der Waals surface area contributed by atoms with E-state index >= 15 is 0 Å². The van der Waals surface area contributed by atoms with Crippen molar-refractivity contribution in [3.8, 4) is 0 Å². The molecule has 1 atom stereocenters. The molecule has 0 aliphatic carbocycles. The minimum atomic E-state index is -3.27. The third-order valence-corrected chi connectivity index (χ3v) is 4.90. The fraction of sp³-hybridized carbons (Fsp3) is 1.00. The van der Waals surface area contributed by atoms with Crippen molar-refractivity contribution in [3.63, 3.8) is 0 Å². The molecule has 0 radical (unpaired) electrons. The summed E-state index contributed by atoms with van der Waals surface area (Å²) in [5.74, 6) is 1.74. The molecule has 0 aromatic carbocycles. The van der Waals surface area contributed by atoms with Crippen LogP contribution in [0, 0.1) is 0 Å². The molecule has 1 aliphatic heterocycles. The Morgan fingerprint density at radius 3 is 2.50 bits per heavy atom. The van der Waals surface area contributed by atoms with Crippen molar-refractivity contribution in [2.24, 2.45) is 0 Å². The van der Waals surface area contributed by atoms with Crippen molar-refractivity contribution in [2.45, 2.75) is 18.1 Å². The highest BCUT2D eigenvalue weighted by atomic mass is 35.7. The first kappa shape index (κ1) is 8.68. The minimum Gasteiger partial charge on any atom is -0.212 e.